The van der Waals surface area contributed by atoms with Gasteiger partial charge in [0.25, 0.3) is 5.91 Å². The fourth-order valence-corrected chi connectivity index (χ4v) is 2.63. The molecule has 3 aromatic rings. The number of methoxy groups -OCH3 is 1. The molecule has 0 spiro atoms. The van der Waals surface area contributed by atoms with E-state index in [1.165, 1.54) is 19.4 Å². The van der Waals surface area contributed by atoms with Gasteiger partial charge in [-0.15, -0.1) is 0 Å². The van der Waals surface area contributed by atoms with Crippen molar-refractivity contribution in [3.8, 4) is 11.4 Å². The van der Waals surface area contributed by atoms with Crippen LogP contribution in [0.1, 0.15) is 21.6 Å². The number of nitrogens with zero attached hydrogens (tertiary/aromatic N) is 2. The van der Waals surface area contributed by atoms with Crippen LogP contribution in [0.4, 0.5) is 18.9 Å². The predicted octanol–water partition coefficient (Wildman–Crippen LogP) is 4.46. The summed E-state index contributed by atoms with van der Waals surface area (Å²) in [5.74, 6) is -0.447. The lowest BCUT2D eigenvalue weighted by Crippen LogP contribution is -2.15. The number of amides is 1. The van der Waals surface area contributed by atoms with Crippen LogP contribution in [-0.2, 0) is 6.18 Å². The number of para-hydroxylation sites is 1. The number of ether oxygens (including phenoxy) is 1. The van der Waals surface area contributed by atoms with Crippen molar-refractivity contribution in [3.63, 3.8) is 0 Å². The molecule has 8 heteroatoms. The minimum Gasteiger partial charge on any atom is -0.495 e. The Kier molecular flexibility index (Phi) is 4.89. The summed E-state index contributed by atoms with van der Waals surface area (Å²) in [6.45, 7) is 1.71. The maximum atomic E-state index is 13.0. The van der Waals surface area contributed by atoms with Crippen LogP contribution in [-0.4, -0.2) is 22.8 Å². The second kappa shape index (κ2) is 7.14. The monoisotopic (exact) mass is 375 g/mol. The summed E-state index contributed by atoms with van der Waals surface area (Å²) in [4.78, 5) is 12.6. The molecule has 0 fully saturated rings. The molecule has 0 aliphatic carbocycles. The van der Waals surface area contributed by atoms with Crippen molar-refractivity contribution in [3.05, 3.63) is 71.5 Å². The Balaban J connectivity index is 1.91. The zero-order valence-electron chi connectivity index (χ0n) is 14.5. The highest BCUT2D eigenvalue weighted by Crippen LogP contribution is 2.35. The lowest BCUT2D eigenvalue weighted by molar-refractivity contribution is -0.137. The molecule has 1 amide bonds. The van der Waals surface area contributed by atoms with Crippen molar-refractivity contribution in [1.82, 2.24) is 9.78 Å². The number of rotatable bonds is 4. The van der Waals surface area contributed by atoms with E-state index in [4.69, 9.17) is 4.74 Å². The number of carbonyl (C=O) groups is 1. The number of hydrogen-bond donors (Lipinski definition) is 1. The Morgan fingerprint density at radius 3 is 2.48 bits per heavy atom. The van der Waals surface area contributed by atoms with E-state index in [2.05, 4.69) is 10.4 Å². The van der Waals surface area contributed by atoms with E-state index in [1.807, 2.05) is 30.3 Å². The Hall–Kier alpha value is -3.29. The molecular weight excluding hydrogens is 359 g/mol. The molecule has 0 aliphatic heterocycles. The summed E-state index contributed by atoms with van der Waals surface area (Å²) in [6, 6.07) is 12.1. The fourth-order valence-electron chi connectivity index (χ4n) is 2.63. The second-order valence-corrected chi connectivity index (χ2v) is 5.76. The van der Waals surface area contributed by atoms with Gasteiger partial charge >= 0.3 is 6.18 Å². The zero-order valence-corrected chi connectivity index (χ0v) is 14.5. The highest BCUT2D eigenvalue weighted by atomic mass is 19.4. The quantitative estimate of drug-likeness (QED) is 0.733. The third kappa shape index (κ3) is 3.79. The SMILES string of the molecule is COc1ccc(C(F)(F)F)cc1NC(=O)c1cnn(-c2ccccc2)c1C. The molecule has 1 aromatic heterocycles. The van der Waals surface area contributed by atoms with E-state index in [0.29, 0.717) is 5.69 Å². The van der Waals surface area contributed by atoms with E-state index >= 15 is 0 Å². The van der Waals surface area contributed by atoms with Gasteiger partial charge in [-0.25, -0.2) is 4.68 Å². The number of anilines is 1. The summed E-state index contributed by atoms with van der Waals surface area (Å²) in [5.41, 5.74) is 0.633. The molecule has 0 bridgehead atoms. The van der Waals surface area contributed by atoms with Gasteiger partial charge in [-0.3, -0.25) is 4.79 Å². The number of aromatic nitrogens is 2. The average molecular weight is 375 g/mol. The lowest BCUT2D eigenvalue weighted by atomic mass is 10.1. The van der Waals surface area contributed by atoms with E-state index in [-0.39, 0.29) is 17.0 Å². The molecule has 27 heavy (non-hydrogen) atoms. The molecule has 140 valence electrons. The Morgan fingerprint density at radius 1 is 1.15 bits per heavy atom. The van der Waals surface area contributed by atoms with Crippen LogP contribution in [0.2, 0.25) is 0 Å². The molecule has 0 saturated carbocycles. The molecule has 2 aromatic carbocycles. The first-order valence-electron chi connectivity index (χ1n) is 7.98. The lowest BCUT2D eigenvalue weighted by Gasteiger charge is -2.13. The number of nitrogens with one attached hydrogen (secondary N) is 1. The van der Waals surface area contributed by atoms with Crippen LogP contribution < -0.4 is 10.1 Å². The largest absolute Gasteiger partial charge is 0.495 e. The number of carbonyl (C=O) groups excluding carboxylic acids is 1. The first kappa shape index (κ1) is 18.5. The van der Waals surface area contributed by atoms with Gasteiger partial charge in [0.1, 0.15) is 5.75 Å². The van der Waals surface area contributed by atoms with Gasteiger partial charge in [0, 0.05) is 0 Å². The van der Waals surface area contributed by atoms with Gasteiger partial charge < -0.3 is 10.1 Å². The minimum atomic E-state index is -4.53. The third-order valence-corrected chi connectivity index (χ3v) is 4.03. The Morgan fingerprint density at radius 2 is 1.85 bits per heavy atom. The number of benzene rings is 2. The first-order chi connectivity index (χ1) is 12.8. The maximum absolute atomic E-state index is 13.0. The normalized spacial score (nSPS) is 11.3. The van der Waals surface area contributed by atoms with E-state index < -0.39 is 17.6 Å². The summed E-state index contributed by atoms with van der Waals surface area (Å²) >= 11 is 0. The van der Waals surface area contributed by atoms with Crippen LogP contribution in [0.5, 0.6) is 5.75 Å². The van der Waals surface area contributed by atoms with E-state index in [0.717, 1.165) is 17.8 Å². The van der Waals surface area contributed by atoms with Gasteiger partial charge in [0.15, 0.2) is 0 Å². The zero-order chi connectivity index (χ0) is 19.6. The molecule has 3 rings (SSSR count). The van der Waals surface area contributed by atoms with Crippen LogP contribution in [0, 0.1) is 6.92 Å². The molecule has 1 heterocycles. The van der Waals surface area contributed by atoms with Gasteiger partial charge in [0.2, 0.25) is 0 Å². The van der Waals surface area contributed by atoms with Crippen molar-refractivity contribution < 1.29 is 22.7 Å². The van der Waals surface area contributed by atoms with Crippen LogP contribution in [0.15, 0.2) is 54.7 Å². The summed E-state index contributed by atoms with van der Waals surface area (Å²) < 4.78 is 45.5. The predicted molar refractivity (Wildman–Crippen MR) is 94.3 cm³/mol. The molecule has 0 radical (unpaired) electrons. The van der Waals surface area contributed by atoms with Crippen molar-refractivity contribution >= 4 is 11.6 Å². The third-order valence-electron chi connectivity index (χ3n) is 4.03. The molecule has 5 nitrogen and oxygen atoms in total. The van der Waals surface area contributed by atoms with Crippen molar-refractivity contribution in [2.75, 3.05) is 12.4 Å². The molecule has 1 N–H and O–H groups in total. The maximum Gasteiger partial charge on any atom is 0.416 e. The molecular formula is C19H16F3N3O2. The van der Waals surface area contributed by atoms with Crippen LogP contribution >= 0.6 is 0 Å². The van der Waals surface area contributed by atoms with Crippen molar-refractivity contribution in [2.24, 2.45) is 0 Å². The van der Waals surface area contributed by atoms with Gasteiger partial charge in [-0.05, 0) is 37.3 Å². The summed E-state index contributed by atoms with van der Waals surface area (Å²) in [5, 5.41) is 6.67. The smallest absolute Gasteiger partial charge is 0.416 e. The van der Waals surface area contributed by atoms with Crippen molar-refractivity contribution in [2.45, 2.75) is 13.1 Å². The molecule has 0 aliphatic rings. The second-order valence-electron chi connectivity index (χ2n) is 5.76. The summed E-state index contributed by atoms with van der Waals surface area (Å²) in [7, 11) is 1.32. The highest BCUT2D eigenvalue weighted by molar-refractivity contribution is 6.05. The topological polar surface area (TPSA) is 56.1 Å². The Labute approximate surface area is 153 Å². The number of halogens is 3. The van der Waals surface area contributed by atoms with Crippen LogP contribution in [0.3, 0.4) is 0 Å². The molecule has 0 unspecified atom stereocenters. The van der Waals surface area contributed by atoms with E-state index in [9.17, 15) is 18.0 Å². The minimum absolute atomic E-state index is 0.0656. The van der Waals surface area contributed by atoms with Gasteiger partial charge in [-0.2, -0.15) is 18.3 Å². The number of hydrogen-bond acceptors (Lipinski definition) is 3. The first-order valence-corrected chi connectivity index (χ1v) is 7.98. The number of alkyl halides is 3. The van der Waals surface area contributed by atoms with E-state index in [1.54, 1.807) is 11.6 Å². The molecule has 0 atom stereocenters. The van der Waals surface area contributed by atoms with Gasteiger partial charge in [0.05, 0.1) is 41.5 Å². The average Bonchev–Trinajstić information content (AvgIpc) is 3.03. The van der Waals surface area contributed by atoms with Crippen LogP contribution in [0.25, 0.3) is 5.69 Å². The fraction of sp³-hybridized carbons (Fsp3) is 0.158. The Bertz CT molecular complexity index is 966. The standard InChI is InChI=1S/C19H16F3N3O2/c1-12-15(11-23-25(12)14-6-4-3-5-7-14)18(26)24-16-10-13(19(20,21)22)8-9-17(16)27-2/h3-11H,1-2H3,(H,24,26). The van der Waals surface area contributed by atoms with Gasteiger partial charge in [-0.1, -0.05) is 18.2 Å². The molecule has 0 saturated heterocycles. The summed E-state index contributed by atoms with van der Waals surface area (Å²) in [6.07, 6.45) is -3.16. The highest BCUT2D eigenvalue weighted by Gasteiger charge is 2.31. The van der Waals surface area contributed by atoms with Crippen molar-refractivity contribution in [1.29, 1.82) is 0 Å².